The molecule has 1 aromatic carbocycles. The maximum absolute atomic E-state index is 12.3. The summed E-state index contributed by atoms with van der Waals surface area (Å²) in [6.45, 7) is 2.20. The zero-order valence-corrected chi connectivity index (χ0v) is 14.5. The Morgan fingerprint density at radius 1 is 1.21 bits per heavy atom. The van der Waals surface area contributed by atoms with Crippen molar-refractivity contribution in [2.24, 2.45) is 0 Å². The lowest BCUT2D eigenvalue weighted by molar-refractivity contribution is 0.102. The second kappa shape index (κ2) is 7.41. The molecule has 0 unspecified atom stereocenters. The van der Waals surface area contributed by atoms with Crippen LogP contribution in [0.3, 0.4) is 0 Å². The van der Waals surface area contributed by atoms with Gasteiger partial charge in [-0.2, -0.15) is 0 Å². The van der Waals surface area contributed by atoms with Crippen molar-refractivity contribution >= 4 is 21.6 Å². The summed E-state index contributed by atoms with van der Waals surface area (Å²) in [5, 5.41) is 2.70. The van der Waals surface area contributed by atoms with E-state index in [0.29, 0.717) is 17.9 Å². The van der Waals surface area contributed by atoms with E-state index < -0.39 is 10.0 Å². The Hall–Kier alpha value is -2.45. The molecule has 0 radical (unpaired) electrons. The van der Waals surface area contributed by atoms with Gasteiger partial charge < -0.3 is 10.1 Å². The van der Waals surface area contributed by atoms with Gasteiger partial charge in [0.15, 0.2) is 0 Å². The molecule has 0 aliphatic heterocycles. The summed E-state index contributed by atoms with van der Waals surface area (Å²) >= 11 is 0. The normalized spacial score (nSPS) is 11.3. The number of ether oxygens (including phenoxy) is 1. The number of carbonyl (C=O) groups excluding carboxylic acids is 1. The van der Waals surface area contributed by atoms with Gasteiger partial charge in [-0.05, 0) is 43.3 Å². The fourth-order valence-electron chi connectivity index (χ4n) is 1.93. The van der Waals surface area contributed by atoms with Crippen LogP contribution in [0, 0.1) is 0 Å². The Labute approximate surface area is 141 Å². The van der Waals surface area contributed by atoms with Gasteiger partial charge in [0.05, 0.1) is 11.5 Å². The van der Waals surface area contributed by atoms with Crippen molar-refractivity contribution < 1.29 is 17.9 Å². The zero-order valence-electron chi connectivity index (χ0n) is 13.7. The summed E-state index contributed by atoms with van der Waals surface area (Å²) in [4.78, 5) is 16.5. The lowest BCUT2D eigenvalue weighted by atomic mass is 10.2. The topological polar surface area (TPSA) is 88.6 Å². The van der Waals surface area contributed by atoms with Gasteiger partial charge in [-0.1, -0.05) is 0 Å². The number of rotatable bonds is 6. The first-order valence-corrected chi connectivity index (χ1v) is 8.72. The highest BCUT2D eigenvalue weighted by atomic mass is 32.2. The molecule has 8 heteroatoms. The Bertz CT molecular complexity index is 817. The van der Waals surface area contributed by atoms with E-state index in [1.54, 1.807) is 25.3 Å². The number of amides is 1. The number of pyridine rings is 1. The van der Waals surface area contributed by atoms with Crippen LogP contribution in [0.25, 0.3) is 0 Å². The summed E-state index contributed by atoms with van der Waals surface area (Å²) < 4.78 is 30.5. The van der Waals surface area contributed by atoms with Crippen molar-refractivity contribution in [3.8, 4) is 5.88 Å². The van der Waals surface area contributed by atoms with Crippen molar-refractivity contribution in [1.29, 1.82) is 0 Å². The molecule has 0 atom stereocenters. The molecular formula is C16H19N3O4S. The third-order valence-electron chi connectivity index (χ3n) is 3.19. The fourth-order valence-corrected chi connectivity index (χ4v) is 2.84. The largest absolute Gasteiger partial charge is 0.477 e. The summed E-state index contributed by atoms with van der Waals surface area (Å²) in [5.41, 5.74) is 0.786. The van der Waals surface area contributed by atoms with Gasteiger partial charge in [0, 0.05) is 26.0 Å². The van der Waals surface area contributed by atoms with E-state index in [2.05, 4.69) is 10.3 Å². The van der Waals surface area contributed by atoms with Gasteiger partial charge in [-0.15, -0.1) is 0 Å². The van der Waals surface area contributed by atoms with E-state index in [4.69, 9.17) is 4.74 Å². The average Bonchev–Trinajstić information content (AvgIpc) is 2.56. The van der Waals surface area contributed by atoms with Crippen molar-refractivity contribution in [1.82, 2.24) is 9.29 Å². The highest BCUT2D eigenvalue weighted by Crippen LogP contribution is 2.19. The monoisotopic (exact) mass is 349 g/mol. The molecule has 0 fully saturated rings. The van der Waals surface area contributed by atoms with Crippen LogP contribution in [0.5, 0.6) is 5.88 Å². The van der Waals surface area contributed by atoms with Gasteiger partial charge in [0.1, 0.15) is 5.56 Å². The molecule has 2 rings (SSSR count). The molecule has 0 saturated heterocycles. The Balaban J connectivity index is 2.19. The molecule has 0 bridgehead atoms. The fraction of sp³-hybridized carbons (Fsp3) is 0.250. The molecule has 128 valence electrons. The minimum Gasteiger partial charge on any atom is -0.477 e. The molecule has 24 heavy (non-hydrogen) atoms. The number of nitrogens with zero attached hydrogens (tertiary/aromatic N) is 2. The molecule has 0 spiro atoms. The molecule has 1 heterocycles. The third-order valence-corrected chi connectivity index (χ3v) is 5.02. The number of hydrogen-bond donors (Lipinski definition) is 1. The first kappa shape index (κ1) is 17.9. The zero-order chi connectivity index (χ0) is 17.7. The number of sulfonamides is 1. The van der Waals surface area contributed by atoms with E-state index >= 15 is 0 Å². The average molecular weight is 349 g/mol. The maximum Gasteiger partial charge on any atom is 0.261 e. The van der Waals surface area contributed by atoms with E-state index in [1.165, 1.54) is 38.4 Å². The van der Waals surface area contributed by atoms with E-state index in [-0.39, 0.29) is 16.7 Å². The first-order valence-electron chi connectivity index (χ1n) is 7.28. The van der Waals surface area contributed by atoms with Crippen molar-refractivity contribution in [3.05, 3.63) is 48.2 Å². The second-order valence-corrected chi connectivity index (χ2v) is 7.21. The Morgan fingerprint density at radius 2 is 1.88 bits per heavy atom. The smallest absolute Gasteiger partial charge is 0.261 e. The van der Waals surface area contributed by atoms with Gasteiger partial charge in [0.2, 0.25) is 15.9 Å². The first-order chi connectivity index (χ1) is 11.4. The highest BCUT2D eigenvalue weighted by Gasteiger charge is 2.17. The van der Waals surface area contributed by atoms with Crippen molar-refractivity contribution in [3.63, 3.8) is 0 Å². The number of nitrogens with one attached hydrogen (secondary N) is 1. The second-order valence-electron chi connectivity index (χ2n) is 5.06. The van der Waals surface area contributed by atoms with Crippen LogP contribution in [-0.4, -0.2) is 44.3 Å². The van der Waals surface area contributed by atoms with Crippen LogP contribution in [0.1, 0.15) is 17.3 Å². The summed E-state index contributed by atoms with van der Waals surface area (Å²) in [6.07, 6.45) is 1.54. The molecule has 1 amide bonds. The lowest BCUT2D eigenvalue weighted by Crippen LogP contribution is -2.22. The number of carbonyl (C=O) groups is 1. The quantitative estimate of drug-likeness (QED) is 0.861. The summed E-state index contributed by atoms with van der Waals surface area (Å²) in [5.74, 6) is -0.126. The predicted octanol–water partition coefficient (Wildman–Crippen LogP) is 1.98. The molecule has 0 aliphatic carbocycles. The molecular weight excluding hydrogens is 330 g/mol. The van der Waals surface area contributed by atoms with Gasteiger partial charge in [-0.3, -0.25) is 4.79 Å². The minimum absolute atomic E-state index is 0.155. The molecule has 7 nitrogen and oxygen atoms in total. The van der Waals surface area contributed by atoms with Gasteiger partial charge in [0.25, 0.3) is 5.91 Å². The van der Waals surface area contributed by atoms with Crippen LogP contribution >= 0.6 is 0 Å². The number of hydrogen-bond acceptors (Lipinski definition) is 5. The van der Waals surface area contributed by atoms with Crippen LogP contribution in [-0.2, 0) is 10.0 Å². The SMILES string of the molecule is CCOc1ncccc1C(=O)Nc1ccc(S(=O)(=O)N(C)C)cc1. The number of benzene rings is 1. The van der Waals surface area contributed by atoms with Crippen molar-refractivity contribution in [2.45, 2.75) is 11.8 Å². The Kier molecular flexibility index (Phi) is 5.53. The summed E-state index contributed by atoms with van der Waals surface area (Å²) in [6, 6.07) is 9.20. The minimum atomic E-state index is -3.50. The van der Waals surface area contributed by atoms with Gasteiger partial charge >= 0.3 is 0 Å². The number of anilines is 1. The molecule has 0 saturated carbocycles. The lowest BCUT2D eigenvalue weighted by Gasteiger charge is -2.12. The molecule has 2 aromatic rings. The Morgan fingerprint density at radius 3 is 2.46 bits per heavy atom. The van der Waals surface area contributed by atoms with Gasteiger partial charge in [-0.25, -0.2) is 17.7 Å². The molecule has 0 aliphatic rings. The highest BCUT2D eigenvalue weighted by molar-refractivity contribution is 7.89. The number of aromatic nitrogens is 1. The third kappa shape index (κ3) is 3.90. The van der Waals surface area contributed by atoms with E-state index in [0.717, 1.165) is 4.31 Å². The van der Waals surface area contributed by atoms with E-state index in [9.17, 15) is 13.2 Å². The molecule has 1 aromatic heterocycles. The predicted molar refractivity (Wildman–Crippen MR) is 90.7 cm³/mol. The molecule has 1 N–H and O–H groups in total. The summed E-state index contributed by atoms with van der Waals surface area (Å²) in [7, 11) is -0.576. The van der Waals surface area contributed by atoms with Crippen LogP contribution in [0.15, 0.2) is 47.5 Å². The van der Waals surface area contributed by atoms with Crippen LogP contribution in [0.2, 0.25) is 0 Å². The van der Waals surface area contributed by atoms with E-state index in [1.807, 2.05) is 0 Å². The van der Waals surface area contributed by atoms with Crippen molar-refractivity contribution in [2.75, 3.05) is 26.0 Å². The van der Waals surface area contributed by atoms with Crippen LogP contribution < -0.4 is 10.1 Å². The standard InChI is InChI=1S/C16H19N3O4S/c1-4-23-16-14(6-5-11-17-16)15(20)18-12-7-9-13(10-8-12)24(21,22)19(2)3/h5-11H,4H2,1-3H3,(H,18,20). The maximum atomic E-state index is 12.3. The van der Waals surface area contributed by atoms with Crippen LogP contribution in [0.4, 0.5) is 5.69 Å².